The predicted molar refractivity (Wildman–Crippen MR) is 94.2 cm³/mol. The Kier molecular flexibility index (Phi) is 4.05. The Morgan fingerprint density at radius 3 is 2.65 bits per heavy atom. The van der Waals surface area contributed by atoms with Crippen LogP contribution in [0.25, 0.3) is 10.8 Å². The number of aromatic nitrogens is 1. The molecule has 3 rings (SSSR count). The zero-order valence-electron chi connectivity index (χ0n) is 13.3. The fourth-order valence-electron chi connectivity index (χ4n) is 2.77. The molecule has 3 aromatic rings. The van der Waals surface area contributed by atoms with E-state index in [4.69, 9.17) is 0 Å². The minimum atomic E-state index is -0.274. The molecule has 0 saturated heterocycles. The van der Waals surface area contributed by atoms with Gasteiger partial charge in [0, 0.05) is 15.1 Å². The molecule has 0 spiro atoms. The Labute approximate surface area is 138 Å². The maximum atomic E-state index is 12.5. The van der Waals surface area contributed by atoms with Gasteiger partial charge in [0.15, 0.2) is 0 Å². The molecule has 2 heterocycles. The summed E-state index contributed by atoms with van der Waals surface area (Å²) in [5.74, 6) is -0.274. The molecule has 0 fully saturated rings. The maximum Gasteiger partial charge on any atom is 0.268 e. The van der Waals surface area contributed by atoms with Gasteiger partial charge in [0.1, 0.15) is 5.69 Å². The number of rotatable bonds is 3. The molecule has 0 aliphatic carbocycles. The van der Waals surface area contributed by atoms with E-state index in [9.17, 15) is 9.59 Å². The lowest BCUT2D eigenvalue weighted by molar-refractivity contribution is 0.0935. The van der Waals surface area contributed by atoms with Crippen LogP contribution in [0.5, 0.6) is 0 Å². The normalized spacial score (nSPS) is 12.3. The number of H-pyrrole nitrogens is 1. The van der Waals surface area contributed by atoms with E-state index in [1.165, 1.54) is 9.75 Å². The first kappa shape index (κ1) is 15.5. The van der Waals surface area contributed by atoms with E-state index >= 15 is 0 Å². The predicted octanol–water partition coefficient (Wildman–Crippen LogP) is 3.70. The highest BCUT2D eigenvalue weighted by atomic mass is 32.1. The van der Waals surface area contributed by atoms with Crippen LogP contribution in [0.2, 0.25) is 0 Å². The minimum Gasteiger partial charge on any atom is -0.344 e. The number of carbonyl (C=O) groups is 1. The van der Waals surface area contributed by atoms with Gasteiger partial charge in [-0.15, -0.1) is 11.3 Å². The van der Waals surface area contributed by atoms with Crippen LogP contribution >= 0.6 is 11.3 Å². The van der Waals surface area contributed by atoms with E-state index in [1.807, 2.05) is 26.0 Å². The van der Waals surface area contributed by atoms with Crippen LogP contribution in [-0.4, -0.2) is 10.9 Å². The fourth-order valence-corrected chi connectivity index (χ4v) is 3.79. The summed E-state index contributed by atoms with van der Waals surface area (Å²) in [6, 6.07) is 10.9. The number of hydrogen-bond donors (Lipinski definition) is 2. The van der Waals surface area contributed by atoms with E-state index in [1.54, 1.807) is 29.5 Å². The number of nitrogens with one attached hydrogen (secondary N) is 2. The number of thiophene rings is 1. The standard InChI is InChI=1S/C18H18N2O2S/c1-10-8-15(12(3)23-10)11(2)19-18(22)16-9-13-6-4-5-7-14(13)17(21)20-16/h4-9,11H,1-3H3,(H,19,22)(H,20,21). The molecular formula is C18H18N2O2S. The van der Waals surface area contributed by atoms with Gasteiger partial charge in [0.2, 0.25) is 0 Å². The lowest BCUT2D eigenvalue weighted by Gasteiger charge is -2.14. The molecule has 1 unspecified atom stereocenters. The molecule has 118 valence electrons. The molecule has 1 amide bonds. The number of aromatic amines is 1. The summed E-state index contributed by atoms with van der Waals surface area (Å²) < 4.78 is 0. The number of benzene rings is 1. The van der Waals surface area contributed by atoms with E-state index in [0.717, 1.165) is 10.9 Å². The van der Waals surface area contributed by atoms with Crippen LogP contribution in [0.15, 0.2) is 41.2 Å². The summed E-state index contributed by atoms with van der Waals surface area (Å²) in [6.07, 6.45) is 0. The summed E-state index contributed by atoms with van der Waals surface area (Å²) >= 11 is 1.72. The summed E-state index contributed by atoms with van der Waals surface area (Å²) in [7, 11) is 0. The number of carbonyl (C=O) groups excluding carboxylic acids is 1. The zero-order valence-corrected chi connectivity index (χ0v) is 14.1. The average Bonchev–Trinajstić information content (AvgIpc) is 2.86. The van der Waals surface area contributed by atoms with Crippen molar-refractivity contribution in [1.29, 1.82) is 0 Å². The lowest BCUT2D eigenvalue weighted by atomic mass is 10.1. The quantitative estimate of drug-likeness (QED) is 0.771. The molecule has 23 heavy (non-hydrogen) atoms. The van der Waals surface area contributed by atoms with E-state index < -0.39 is 0 Å². The van der Waals surface area contributed by atoms with Crippen molar-refractivity contribution in [3.05, 3.63) is 67.8 Å². The third-order valence-corrected chi connectivity index (χ3v) is 4.87. The van der Waals surface area contributed by atoms with Crippen molar-refractivity contribution >= 4 is 28.0 Å². The first-order valence-corrected chi connectivity index (χ1v) is 8.27. The molecular weight excluding hydrogens is 308 g/mol. The first-order valence-electron chi connectivity index (χ1n) is 7.45. The van der Waals surface area contributed by atoms with Gasteiger partial charge in [-0.05, 0) is 49.9 Å². The van der Waals surface area contributed by atoms with Crippen LogP contribution in [0.3, 0.4) is 0 Å². The molecule has 0 aliphatic heterocycles. The first-order chi connectivity index (χ1) is 11.0. The van der Waals surface area contributed by atoms with Gasteiger partial charge in [-0.1, -0.05) is 18.2 Å². The van der Waals surface area contributed by atoms with E-state index in [2.05, 4.69) is 23.3 Å². The molecule has 0 aliphatic rings. The Hall–Kier alpha value is -2.40. The van der Waals surface area contributed by atoms with Gasteiger partial charge < -0.3 is 10.3 Å². The van der Waals surface area contributed by atoms with Gasteiger partial charge in [-0.2, -0.15) is 0 Å². The van der Waals surface area contributed by atoms with E-state index in [0.29, 0.717) is 5.39 Å². The highest BCUT2D eigenvalue weighted by molar-refractivity contribution is 7.12. The number of hydrogen-bond acceptors (Lipinski definition) is 3. The van der Waals surface area contributed by atoms with Crippen LogP contribution in [0, 0.1) is 13.8 Å². The number of pyridine rings is 1. The zero-order chi connectivity index (χ0) is 16.6. The van der Waals surface area contributed by atoms with E-state index in [-0.39, 0.29) is 23.2 Å². The molecule has 2 N–H and O–H groups in total. The summed E-state index contributed by atoms with van der Waals surface area (Å²) in [4.78, 5) is 29.6. The van der Waals surface area contributed by atoms with Crippen molar-refractivity contribution in [3.63, 3.8) is 0 Å². The number of aryl methyl sites for hydroxylation is 2. The van der Waals surface area contributed by atoms with Crippen LogP contribution in [-0.2, 0) is 0 Å². The molecule has 5 heteroatoms. The molecule has 1 aromatic carbocycles. The van der Waals surface area contributed by atoms with Gasteiger partial charge >= 0.3 is 0 Å². The smallest absolute Gasteiger partial charge is 0.268 e. The Morgan fingerprint density at radius 2 is 1.96 bits per heavy atom. The number of amides is 1. The van der Waals surface area contributed by atoms with Crippen molar-refractivity contribution in [2.45, 2.75) is 26.8 Å². The van der Waals surface area contributed by atoms with Gasteiger partial charge in [0.25, 0.3) is 11.5 Å². The van der Waals surface area contributed by atoms with Crippen molar-refractivity contribution in [2.75, 3.05) is 0 Å². The fraction of sp³-hybridized carbons (Fsp3) is 0.222. The minimum absolute atomic E-state index is 0.109. The van der Waals surface area contributed by atoms with Gasteiger partial charge in [0.05, 0.1) is 6.04 Å². The lowest BCUT2D eigenvalue weighted by Crippen LogP contribution is -2.29. The monoisotopic (exact) mass is 326 g/mol. The summed E-state index contributed by atoms with van der Waals surface area (Å²) in [6.45, 7) is 6.05. The Balaban J connectivity index is 1.89. The van der Waals surface area contributed by atoms with Crippen LogP contribution < -0.4 is 10.9 Å². The molecule has 0 radical (unpaired) electrons. The highest BCUT2D eigenvalue weighted by Crippen LogP contribution is 2.26. The maximum absolute atomic E-state index is 12.5. The topological polar surface area (TPSA) is 62.0 Å². The molecule has 2 aromatic heterocycles. The van der Waals surface area contributed by atoms with Crippen molar-refractivity contribution in [1.82, 2.24) is 10.3 Å². The second-order valence-electron chi connectivity index (χ2n) is 5.66. The van der Waals surface area contributed by atoms with Crippen LogP contribution in [0.4, 0.5) is 0 Å². The van der Waals surface area contributed by atoms with Gasteiger partial charge in [-0.25, -0.2) is 0 Å². The molecule has 0 bridgehead atoms. The second kappa shape index (κ2) is 6.01. The summed E-state index contributed by atoms with van der Waals surface area (Å²) in [5, 5.41) is 4.30. The van der Waals surface area contributed by atoms with Crippen molar-refractivity contribution in [3.8, 4) is 0 Å². The second-order valence-corrected chi connectivity index (χ2v) is 7.12. The highest BCUT2D eigenvalue weighted by Gasteiger charge is 2.16. The van der Waals surface area contributed by atoms with Crippen molar-refractivity contribution < 1.29 is 4.79 Å². The molecule has 0 saturated carbocycles. The Morgan fingerprint density at radius 1 is 1.22 bits per heavy atom. The number of fused-ring (bicyclic) bond motifs is 1. The Bertz CT molecular complexity index is 940. The van der Waals surface area contributed by atoms with Crippen molar-refractivity contribution in [2.24, 2.45) is 0 Å². The largest absolute Gasteiger partial charge is 0.344 e. The van der Waals surface area contributed by atoms with Gasteiger partial charge in [-0.3, -0.25) is 9.59 Å². The van der Waals surface area contributed by atoms with Crippen LogP contribution in [0.1, 0.15) is 38.8 Å². The third kappa shape index (κ3) is 3.05. The SMILES string of the molecule is Cc1cc(C(C)NC(=O)c2cc3ccccc3c(=O)[nH]2)c(C)s1. The average molecular weight is 326 g/mol. The summed E-state index contributed by atoms with van der Waals surface area (Å²) in [5.41, 5.74) is 1.15. The molecule has 4 nitrogen and oxygen atoms in total. The third-order valence-electron chi connectivity index (χ3n) is 3.89. The molecule has 1 atom stereocenters.